The average Bonchev–Trinajstić information content (AvgIpc) is 2.61. The van der Waals surface area contributed by atoms with Gasteiger partial charge in [0.2, 0.25) is 5.95 Å². The molecule has 0 radical (unpaired) electrons. The summed E-state index contributed by atoms with van der Waals surface area (Å²) < 4.78 is 79.5. The maximum Gasteiger partial charge on any atom is 0.418 e. The van der Waals surface area contributed by atoms with E-state index in [4.69, 9.17) is 0 Å². The molecule has 0 saturated heterocycles. The van der Waals surface area contributed by atoms with E-state index in [-0.39, 0.29) is 17.5 Å². The van der Waals surface area contributed by atoms with E-state index in [1.165, 1.54) is 31.2 Å². The standard InChI is InChI=1S/C18H12F6N4/c1-9-8-14(26-13-7-6-11(19)15(20)16(13)21)28-17(25-9)27-12-5-3-2-4-10(12)18(22,23)24/h2-8H,1H3,(H2,25,26,27,28). The van der Waals surface area contributed by atoms with E-state index in [0.717, 1.165) is 18.2 Å². The van der Waals surface area contributed by atoms with Crippen molar-refractivity contribution in [1.82, 2.24) is 9.97 Å². The summed E-state index contributed by atoms with van der Waals surface area (Å²) in [6, 6.07) is 7.81. The Morgan fingerprint density at radius 1 is 0.821 bits per heavy atom. The highest BCUT2D eigenvalue weighted by Gasteiger charge is 2.33. The molecule has 146 valence electrons. The molecule has 3 rings (SSSR count). The number of aromatic nitrogens is 2. The molecule has 0 saturated carbocycles. The van der Waals surface area contributed by atoms with Gasteiger partial charge in [-0.05, 0) is 31.2 Å². The fourth-order valence-corrected chi connectivity index (χ4v) is 2.41. The summed E-state index contributed by atoms with van der Waals surface area (Å²) in [5.74, 6) is -4.68. The third-order valence-electron chi connectivity index (χ3n) is 3.63. The van der Waals surface area contributed by atoms with Crippen molar-refractivity contribution in [2.75, 3.05) is 10.6 Å². The van der Waals surface area contributed by atoms with Gasteiger partial charge in [-0.25, -0.2) is 18.2 Å². The van der Waals surface area contributed by atoms with Gasteiger partial charge in [-0.1, -0.05) is 12.1 Å². The Kier molecular flexibility index (Phi) is 5.12. The molecule has 0 unspecified atom stereocenters. The second-order valence-electron chi connectivity index (χ2n) is 5.73. The topological polar surface area (TPSA) is 49.8 Å². The Morgan fingerprint density at radius 3 is 2.25 bits per heavy atom. The molecule has 0 fully saturated rings. The first-order valence-corrected chi connectivity index (χ1v) is 7.84. The zero-order valence-electron chi connectivity index (χ0n) is 14.2. The summed E-state index contributed by atoms with van der Waals surface area (Å²) in [5.41, 5.74) is -1.24. The van der Waals surface area contributed by atoms with Gasteiger partial charge >= 0.3 is 6.18 Å². The van der Waals surface area contributed by atoms with Gasteiger partial charge in [0.25, 0.3) is 0 Å². The highest BCUT2D eigenvalue weighted by atomic mass is 19.4. The molecule has 28 heavy (non-hydrogen) atoms. The first kappa shape index (κ1) is 19.5. The lowest BCUT2D eigenvalue weighted by Gasteiger charge is -2.14. The van der Waals surface area contributed by atoms with Crippen LogP contribution in [-0.4, -0.2) is 9.97 Å². The number of nitrogens with zero attached hydrogens (tertiary/aromatic N) is 2. The number of aryl methyl sites for hydroxylation is 1. The Balaban J connectivity index is 1.93. The van der Waals surface area contributed by atoms with Crippen LogP contribution >= 0.6 is 0 Å². The fourth-order valence-electron chi connectivity index (χ4n) is 2.41. The highest BCUT2D eigenvalue weighted by Crippen LogP contribution is 2.35. The molecule has 4 nitrogen and oxygen atoms in total. The first-order chi connectivity index (χ1) is 13.1. The second-order valence-corrected chi connectivity index (χ2v) is 5.73. The molecule has 1 aromatic heterocycles. The van der Waals surface area contributed by atoms with Gasteiger partial charge in [0.15, 0.2) is 17.5 Å². The van der Waals surface area contributed by atoms with Crippen molar-refractivity contribution in [3.05, 3.63) is 71.2 Å². The average molecular weight is 398 g/mol. The zero-order valence-corrected chi connectivity index (χ0v) is 14.2. The van der Waals surface area contributed by atoms with Gasteiger partial charge in [-0.3, -0.25) is 0 Å². The number of para-hydroxylation sites is 1. The number of rotatable bonds is 4. The highest BCUT2D eigenvalue weighted by molar-refractivity contribution is 5.63. The van der Waals surface area contributed by atoms with E-state index in [1.807, 2.05) is 0 Å². The van der Waals surface area contributed by atoms with E-state index >= 15 is 0 Å². The van der Waals surface area contributed by atoms with Crippen LogP contribution in [0.3, 0.4) is 0 Å². The predicted octanol–water partition coefficient (Wildman–Crippen LogP) is 5.71. The summed E-state index contributed by atoms with van der Waals surface area (Å²) in [6.07, 6.45) is -4.59. The number of hydrogen-bond donors (Lipinski definition) is 2. The quantitative estimate of drug-likeness (QED) is 0.437. The molecular weight excluding hydrogens is 386 g/mol. The van der Waals surface area contributed by atoms with Crippen LogP contribution in [0.25, 0.3) is 0 Å². The minimum atomic E-state index is -4.59. The molecule has 0 bridgehead atoms. The van der Waals surface area contributed by atoms with Crippen molar-refractivity contribution < 1.29 is 26.3 Å². The smallest absolute Gasteiger partial charge is 0.338 e. The molecule has 1 heterocycles. The summed E-state index contributed by atoms with van der Waals surface area (Å²) in [7, 11) is 0. The monoisotopic (exact) mass is 398 g/mol. The molecule has 0 aliphatic heterocycles. The van der Waals surface area contributed by atoms with Crippen molar-refractivity contribution in [3.8, 4) is 0 Å². The van der Waals surface area contributed by atoms with Gasteiger partial charge in [0.1, 0.15) is 5.82 Å². The van der Waals surface area contributed by atoms with Crippen molar-refractivity contribution in [3.63, 3.8) is 0 Å². The van der Waals surface area contributed by atoms with E-state index in [9.17, 15) is 26.3 Å². The predicted molar refractivity (Wildman–Crippen MR) is 91.1 cm³/mol. The summed E-state index contributed by atoms with van der Waals surface area (Å²) in [4.78, 5) is 7.95. The molecule has 0 aliphatic rings. The van der Waals surface area contributed by atoms with Crippen LogP contribution in [0.15, 0.2) is 42.5 Å². The van der Waals surface area contributed by atoms with Crippen LogP contribution in [0, 0.1) is 24.4 Å². The van der Waals surface area contributed by atoms with Crippen molar-refractivity contribution in [2.45, 2.75) is 13.1 Å². The molecular formula is C18H12F6N4. The zero-order chi connectivity index (χ0) is 20.5. The number of hydrogen-bond acceptors (Lipinski definition) is 4. The lowest BCUT2D eigenvalue weighted by Crippen LogP contribution is -2.10. The van der Waals surface area contributed by atoms with E-state index in [1.54, 1.807) is 0 Å². The fraction of sp³-hybridized carbons (Fsp3) is 0.111. The van der Waals surface area contributed by atoms with Gasteiger partial charge in [-0.2, -0.15) is 18.2 Å². The lowest BCUT2D eigenvalue weighted by atomic mass is 10.1. The molecule has 3 aromatic rings. The number of nitrogens with one attached hydrogen (secondary N) is 2. The van der Waals surface area contributed by atoms with E-state index < -0.39 is 34.9 Å². The van der Waals surface area contributed by atoms with Gasteiger partial charge in [-0.15, -0.1) is 0 Å². The molecule has 2 N–H and O–H groups in total. The molecule has 10 heteroatoms. The van der Waals surface area contributed by atoms with Crippen molar-refractivity contribution >= 4 is 23.1 Å². The summed E-state index contributed by atoms with van der Waals surface area (Å²) in [6.45, 7) is 1.54. The molecule has 0 spiro atoms. The Labute approximate surface area is 155 Å². The van der Waals surface area contributed by atoms with Crippen LogP contribution in [0.4, 0.5) is 49.5 Å². The van der Waals surface area contributed by atoms with Crippen LogP contribution in [0.2, 0.25) is 0 Å². The van der Waals surface area contributed by atoms with Crippen LogP contribution in [0.1, 0.15) is 11.3 Å². The Hall–Kier alpha value is -3.30. The third-order valence-corrected chi connectivity index (χ3v) is 3.63. The first-order valence-electron chi connectivity index (χ1n) is 7.84. The Morgan fingerprint density at radius 2 is 1.54 bits per heavy atom. The number of anilines is 4. The maximum atomic E-state index is 13.8. The lowest BCUT2D eigenvalue weighted by molar-refractivity contribution is -0.136. The third kappa shape index (κ3) is 4.16. The number of alkyl halides is 3. The number of halogens is 6. The van der Waals surface area contributed by atoms with Crippen LogP contribution in [-0.2, 0) is 6.18 Å². The largest absolute Gasteiger partial charge is 0.418 e. The molecule has 0 amide bonds. The Bertz CT molecular complexity index is 1020. The normalized spacial score (nSPS) is 11.4. The van der Waals surface area contributed by atoms with Gasteiger partial charge in [0, 0.05) is 11.8 Å². The van der Waals surface area contributed by atoms with Crippen molar-refractivity contribution in [2.24, 2.45) is 0 Å². The van der Waals surface area contributed by atoms with Crippen LogP contribution < -0.4 is 10.6 Å². The van der Waals surface area contributed by atoms with Crippen LogP contribution in [0.5, 0.6) is 0 Å². The number of benzene rings is 2. The van der Waals surface area contributed by atoms with Crippen molar-refractivity contribution in [1.29, 1.82) is 0 Å². The maximum absolute atomic E-state index is 13.8. The summed E-state index contributed by atoms with van der Waals surface area (Å²) in [5, 5.41) is 4.93. The van der Waals surface area contributed by atoms with E-state index in [0.29, 0.717) is 5.69 Å². The van der Waals surface area contributed by atoms with Gasteiger partial charge < -0.3 is 10.6 Å². The van der Waals surface area contributed by atoms with E-state index in [2.05, 4.69) is 20.6 Å². The second kappa shape index (κ2) is 7.37. The minimum Gasteiger partial charge on any atom is -0.338 e. The van der Waals surface area contributed by atoms with Gasteiger partial charge in [0.05, 0.1) is 16.9 Å². The molecule has 0 aliphatic carbocycles. The summed E-state index contributed by atoms with van der Waals surface area (Å²) >= 11 is 0. The minimum absolute atomic E-state index is 0.0237. The molecule has 2 aromatic carbocycles. The SMILES string of the molecule is Cc1cc(Nc2ccc(F)c(F)c2F)nc(Nc2ccccc2C(F)(F)F)n1. The molecule has 0 atom stereocenters.